The maximum atomic E-state index is 11.5. The average molecular weight is 397 g/mol. The van der Waals surface area contributed by atoms with E-state index >= 15 is 0 Å². The highest BCUT2D eigenvalue weighted by molar-refractivity contribution is 5.43. The van der Waals surface area contributed by atoms with Crippen molar-refractivity contribution in [3.63, 3.8) is 0 Å². The highest BCUT2D eigenvalue weighted by Crippen LogP contribution is 2.45. The van der Waals surface area contributed by atoms with Crippen LogP contribution in [0.25, 0.3) is 0 Å². The highest BCUT2D eigenvalue weighted by Gasteiger charge is 2.51. The zero-order chi connectivity index (χ0) is 20.4. The number of fused-ring (bicyclic) bond motifs is 1. The van der Waals surface area contributed by atoms with Gasteiger partial charge in [0.1, 0.15) is 12.6 Å². The van der Waals surface area contributed by atoms with Crippen LogP contribution in [0.5, 0.6) is 11.5 Å². The van der Waals surface area contributed by atoms with E-state index in [9.17, 15) is 5.11 Å². The lowest BCUT2D eigenvalue weighted by Gasteiger charge is -2.50. The van der Waals surface area contributed by atoms with Crippen LogP contribution in [0.3, 0.4) is 0 Å². The monoisotopic (exact) mass is 396 g/mol. The molecule has 4 heteroatoms. The number of rotatable bonds is 5. The van der Waals surface area contributed by atoms with E-state index in [4.69, 9.17) is 9.47 Å². The van der Waals surface area contributed by atoms with Crippen molar-refractivity contribution < 1.29 is 19.5 Å². The minimum atomic E-state index is -0.535. The van der Waals surface area contributed by atoms with Crippen LogP contribution in [0, 0.1) is 12.8 Å². The molecule has 2 N–H and O–H groups in total. The summed E-state index contributed by atoms with van der Waals surface area (Å²) in [5, 5.41) is 11.5. The second-order valence-corrected chi connectivity index (χ2v) is 8.87. The summed E-state index contributed by atoms with van der Waals surface area (Å²) in [4.78, 5) is 1.54. The van der Waals surface area contributed by atoms with Crippen molar-refractivity contribution in [1.82, 2.24) is 0 Å². The van der Waals surface area contributed by atoms with Crippen molar-refractivity contribution in [2.45, 2.75) is 57.2 Å². The van der Waals surface area contributed by atoms with Gasteiger partial charge in [0.25, 0.3) is 0 Å². The van der Waals surface area contributed by atoms with Crippen molar-refractivity contribution in [2.24, 2.45) is 5.92 Å². The lowest BCUT2D eigenvalue weighted by atomic mass is 9.66. The third kappa shape index (κ3) is 4.01. The Morgan fingerprint density at radius 2 is 1.76 bits per heavy atom. The molecule has 156 valence electrons. The van der Waals surface area contributed by atoms with Crippen LogP contribution in [0.4, 0.5) is 0 Å². The Bertz CT molecular complexity index is 834. The first-order valence-electron chi connectivity index (χ1n) is 10.9. The lowest BCUT2D eigenvalue weighted by molar-refractivity contribution is -0.958. The predicted octanol–water partition coefficient (Wildman–Crippen LogP) is 3.46. The van der Waals surface area contributed by atoms with E-state index in [-0.39, 0.29) is 12.0 Å². The molecule has 2 aromatic rings. The van der Waals surface area contributed by atoms with E-state index in [0.717, 1.165) is 50.3 Å². The second-order valence-electron chi connectivity index (χ2n) is 8.87. The van der Waals surface area contributed by atoms with Gasteiger partial charge in [-0.25, -0.2) is 0 Å². The number of aryl methyl sites for hydroxylation is 1. The molecule has 29 heavy (non-hydrogen) atoms. The number of benzene rings is 2. The number of piperidine rings is 1. The van der Waals surface area contributed by atoms with Crippen LogP contribution in [0.1, 0.15) is 54.8 Å². The predicted molar refractivity (Wildman–Crippen MR) is 115 cm³/mol. The molecular formula is C25H34NO3+. The summed E-state index contributed by atoms with van der Waals surface area (Å²) in [6, 6.07) is 15.4. The molecule has 2 aliphatic rings. The molecule has 0 bridgehead atoms. The van der Waals surface area contributed by atoms with Crippen LogP contribution in [-0.2, 0) is 6.54 Å². The third-order valence-electron chi connectivity index (χ3n) is 7.10. The highest BCUT2D eigenvalue weighted by atomic mass is 16.5. The van der Waals surface area contributed by atoms with Gasteiger partial charge in [0, 0.05) is 23.5 Å². The Kier molecular flexibility index (Phi) is 5.84. The summed E-state index contributed by atoms with van der Waals surface area (Å²) in [7, 11) is 3.36. The van der Waals surface area contributed by atoms with Gasteiger partial charge in [-0.1, -0.05) is 42.7 Å². The molecule has 4 atom stereocenters. The lowest BCUT2D eigenvalue weighted by Crippen LogP contribution is -3.13. The third-order valence-corrected chi connectivity index (χ3v) is 7.10. The van der Waals surface area contributed by atoms with E-state index in [2.05, 4.69) is 43.3 Å². The number of aliphatic hydroxyl groups is 1. The molecule has 2 aromatic carbocycles. The van der Waals surface area contributed by atoms with Crippen molar-refractivity contribution >= 4 is 0 Å². The molecule has 0 amide bonds. The summed E-state index contributed by atoms with van der Waals surface area (Å²) in [6.07, 6.45) is 5.25. The minimum absolute atomic E-state index is 0.259. The summed E-state index contributed by atoms with van der Waals surface area (Å²) < 4.78 is 11.1. The summed E-state index contributed by atoms with van der Waals surface area (Å²) in [5.74, 6) is 1.80. The van der Waals surface area contributed by atoms with Gasteiger partial charge in [-0.15, -0.1) is 0 Å². The SMILES string of the molecule is COc1ccc([C@@H]2[C@H]3CCCC[C@@]3(O)CC[NH+]2Cc2ccc(C)cc2)cc1OC. The molecule has 1 aliphatic carbocycles. The zero-order valence-corrected chi connectivity index (χ0v) is 17.9. The van der Waals surface area contributed by atoms with Gasteiger partial charge in [0.2, 0.25) is 0 Å². The second kappa shape index (κ2) is 8.37. The van der Waals surface area contributed by atoms with Gasteiger partial charge in [0.05, 0.1) is 26.4 Å². The van der Waals surface area contributed by atoms with Gasteiger partial charge in [-0.2, -0.15) is 0 Å². The normalized spacial score (nSPS) is 29.2. The Labute approximate surface area is 174 Å². The molecule has 1 saturated carbocycles. The fourth-order valence-corrected chi connectivity index (χ4v) is 5.53. The summed E-state index contributed by atoms with van der Waals surface area (Å²) in [5.41, 5.74) is 3.36. The van der Waals surface area contributed by atoms with E-state index in [1.165, 1.54) is 28.0 Å². The van der Waals surface area contributed by atoms with Crippen LogP contribution in [0.15, 0.2) is 42.5 Å². The van der Waals surface area contributed by atoms with Gasteiger partial charge in [-0.3, -0.25) is 0 Å². The van der Waals surface area contributed by atoms with Crippen molar-refractivity contribution in [2.75, 3.05) is 20.8 Å². The standard InChI is InChI=1S/C25H33NO3/c1-18-7-9-19(10-8-18)17-26-15-14-25(27)13-5-4-6-21(25)24(26)20-11-12-22(28-2)23(16-20)29-3/h7-12,16,21,24,27H,4-6,13-15,17H2,1-3H3/p+1/t21-,24-,25-/m1/s1. The van der Waals surface area contributed by atoms with Crippen molar-refractivity contribution in [1.29, 1.82) is 0 Å². The maximum Gasteiger partial charge on any atom is 0.161 e. The number of nitrogens with one attached hydrogen (secondary N) is 1. The number of likely N-dealkylation sites (tertiary alicyclic amines) is 1. The first kappa shape index (κ1) is 20.2. The van der Waals surface area contributed by atoms with Gasteiger partial charge >= 0.3 is 0 Å². The van der Waals surface area contributed by atoms with Gasteiger partial charge < -0.3 is 19.5 Å². The number of quaternary nitrogens is 1. The molecule has 4 nitrogen and oxygen atoms in total. The van der Waals surface area contributed by atoms with Crippen molar-refractivity contribution in [3.8, 4) is 11.5 Å². The fraction of sp³-hybridized carbons (Fsp3) is 0.520. The van der Waals surface area contributed by atoms with Crippen LogP contribution < -0.4 is 14.4 Å². The molecule has 4 rings (SSSR count). The molecule has 1 saturated heterocycles. The number of hydrogen-bond donors (Lipinski definition) is 2. The largest absolute Gasteiger partial charge is 0.493 e. The van der Waals surface area contributed by atoms with Crippen molar-refractivity contribution in [3.05, 3.63) is 59.2 Å². The number of ether oxygens (including phenoxy) is 2. The summed E-state index contributed by atoms with van der Waals surface area (Å²) >= 11 is 0. The molecule has 1 aliphatic heterocycles. The topological polar surface area (TPSA) is 43.1 Å². The molecule has 2 fully saturated rings. The number of hydrogen-bond acceptors (Lipinski definition) is 3. The van der Waals surface area contributed by atoms with Crippen LogP contribution >= 0.6 is 0 Å². The average Bonchev–Trinajstić information content (AvgIpc) is 2.74. The molecule has 0 spiro atoms. The fourth-order valence-electron chi connectivity index (χ4n) is 5.53. The molecular weight excluding hydrogens is 362 g/mol. The van der Waals surface area contributed by atoms with Gasteiger partial charge in [0.15, 0.2) is 11.5 Å². The van der Waals surface area contributed by atoms with Crippen LogP contribution in [-0.4, -0.2) is 31.5 Å². The van der Waals surface area contributed by atoms with E-state index in [1.54, 1.807) is 14.2 Å². The van der Waals surface area contributed by atoms with E-state index in [0.29, 0.717) is 0 Å². The summed E-state index contributed by atoms with van der Waals surface area (Å²) in [6.45, 7) is 4.10. The molecule has 1 heterocycles. The Morgan fingerprint density at radius 1 is 1.00 bits per heavy atom. The molecule has 0 aromatic heterocycles. The molecule has 1 unspecified atom stereocenters. The Morgan fingerprint density at radius 3 is 2.48 bits per heavy atom. The smallest absolute Gasteiger partial charge is 0.161 e. The zero-order valence-electron chi connectivity index (χ0n) is 17.9. The Balaban J connectivity index is 1.71. The van der Waals surface area contributed by atoms with Gasteiger partial charge in [-0.05, 0) is 38.0 Å². The first-order chi connectivity index (χ1) is 14.0. The first-order valence-corrected chi connectivity index (χ1v) is 10.9. The van der Waals surface area contributed by atoms with Crippen LogP contribution in [0.2, 0.25) is 0 Å². The maximum absolute atomic E-state index is 11.5. The minimum Gasteiger partial charge on any atom is -0.493 e. The van der Waals surface area contributed by atoms with E-state index in [1.807, 2.05) is 6.07 Å². The Hall–Kier alpha value is -2.04. The quantitative estimate of drug-likeness (QED) is 0.813. The molecule has 0 radical (unpaired) electrons. The number of methoxy groups -OCH3 is 2. The van der Waals surface area contributed by atoms with E-state index < -0.39 is 5.60 Å².